The van der Waals surface area contributed by atoms with Gasteiger partial charge < -0.3 is 15.0 Å². The predicted octanol–water partition coefficient (Wildman–Crippen LogP) is 3.65. The highest BCUT2D eigenvalue weighted by Gasteiger charge is 2.10. The van der Waals surface area contributed by atoms with Crippen molar-refractivity contribution in [3.8, 4) is 17.1 Å². The molecule has 0 unspecified atom stereocenters. The van der Waals surface area contributed by atoms with E-state index in [-0.39, 0.29) is 12.5 Å². The number of nitrogens with one attached hydrogen (secondary N) is 2. The normalized spacial score (nSPS) is 10.6. The molecule has 0 atom stereocenters. The molecule has 0 fully saturated rings. The second-order valence-corrected chi connectivity index (χ2v) is 6.64. The van der Waals surface area contributed by atoms with Gasteiger partial charge in [-0.1, -0.05) is 6.92 Å². The lowest BCUT2D eigenvalue weighted by atomic mass is 10.1. The van der Waals surface area contributed by atoms with Crippen LogP contribution in [0.25, 0.3) is 11.4 Å². The Morgan fingerprint density at radius 1 is 1.10 bits per heavy atom. The molecule has 2 N–H and O–H groups in total. The molecule has 0 aliphatic carbocycles. The minimum atomic E-state index is -0.141. The highest BCUT2D eigenvalue weighted by molar-refractivity contribution is 5.94. The topological polar surface area (TPSA) is 83.1 Å². The summed E-state index contributed by atoms with van der Waals surface area (Å²) in [7, 11) is 1.63. The zero-order chi connectivity index (χ0) is 20.6. The van der Waals surface area contributed by atoms with E-state index < -0.39 is 0 Å². The lowest BCUT2D eigenvalue weighted by Crippen LogP contribution is -2.25. The number of hydrogen-bond donors (Lipinski definition) is 2. The first-order valence-corrected chi connectivity index (χ1v) is 9.83. The Bertz CT molecular complexity index is 919. The quantitative estimate of drug-likeness (QED) is 0.580. The number of aromatic nitrogens is 3. The molecule has 0 radical (unpaired) electrons. The fourth-order valence-electron chi connectivity index (χ4n) is 3.07. The van der Waals surface area contributed by atoms with Crippen molar-refractivity contribution in [1.29, 1.82) is 0 Å². The number of benzene rings is 2. The molecule has 1 heterocycles. The minimum Gasteiger partial charge on any atom is -0.497 e. The maximum Gasteiger partial charge on any atom is 0.251 e. The van der Waals surface area contributed by atoms with Crippen LogP contribution < -0.4 is 15.0 Å². The molecule has 0 aliphatic heterocycles. The Morgan fingerprint density at radius 3 is 2.45 bits per heavy atom. The van der Waals surface area contributed by atoms with Crippen LogP contribution in [0.4, 0.5) is 5.69 Å². The molecule has 3 aromatic rings. The van der Waals surface area contributed by atoms with Gasteiger partial charge in [0, 0.05) is 29.9 Å². The van der Waals surface area contributed by atoms with E-state index in [9.17, 15) is 4.79 Å². The van der Waals surface area contributed by atoms with E-state index in [1.54, 1.807) is 7.11 Å². The first-order chi connectivity index (χ1) is 14.1. The van der Waals surface area contributed by atoms with Crippen LogP contribution in [-0.4, -0.2) is 41.3 Å². The van der Waals surface area contributed by atoms with Gasteiger partial charge in [-0.05, 0) is 61.9 Å². The summed E-state index contributed by atoms with van der Waals surface area (Å²) in [5, 5.41) is 9.97. The third-order valence-corrected chi connectivity index (χ3v) is 4.67. The van der Waals surface area contributed by atoms with Gasteiger partial charge >= 0.3 is 0 Å². The molecule has 0 saturated heterocycles. The molecular weight excluding hydrogens is 366 g/mol. The number of aromatic amines is 1. The molecular formula is C22H27N5O2. The van der Waals surface area contributed by atoms with E-state index >= 15 is 0 Å². The molecule has 152 valence electrons. The van der Waals surface area contributed by atoms with Gasteiger partial charge in [-0.15, -0.1) is 0 Å². The zero-order valence-corrected chi connectivity index (χ0v) is 17.1. The molecule has 3 rings (SSSR count). The molecule has 0 aliphatic rings. The second-order valence-electron chi connectivity index (χ2n) is 6.64. The molecule has 29 heavy (non-hydrogen) atoms. The van der Waals surface area contributed by atoms with Crippen LogP contribution in [-0.2, 0) is 6.54 Å². The molecule has 0 spiro atoms. The van der Waals surface area contributed by atoms with Gasteiger partial charge in [0.05, 0.1) is 13.7 Å². The van der Waals surface area contributed by atoms with Crippen molar-refractivity contribution >= 4 is 11.6 Å². The number of anilines is 1. The van der Waals surface area contributed by atoms with Crippen LogP contribution in [0.5, 0.6) is 5.75 Å². The SMILES string of the molecule is CCCN(CC)c1ccc(C(=O)NCc2nc(-c3ccc(OC)cc3)n[nH]2)cc1. The van der Waals surface area contributed by atoms with Crippen molar-refractivity contribution in [3.05, 3.63) is 59.9 Å². The summed E-state index contributed by atoms with van der Waals surface area (Å²) in [4.78, 5) is 19.2. The van der Waals surface area contributed by atoms with Gasteiger partial charge in [0.25, 0.3) is 5.91 Å². The van der Waals surface area contributed by atoms with Gasteiger partial charge in [0.1, 0.15) is 11.6 Å². The van der Waals surface area contributed by atoms with Gasteiger partial charge in [-0.3, -0.25) is 9.89 Å². The smallest absolute Gasteiger partial charge is 0.251 e. The van der Waals surface area contributed by atoms with E-state index in [1.165, 1.54) is 0 Å². The lowest BCUT2D eigenvalue weighted by Gasteiger charge is -2.22. The highest BCUT2D eigenvalue weighted by atomic mass is 16.5. The zero-order valence-electron chi connectivity index (χ0n) is 17.1. The van der Waals surface area contributed by atoms with E-state index in [0.29, 0.717) is 17.2 Å². The van der Waals surface area contributed by atoms with Crippen molar-refractivity contribution in [1.82, 2.24) is 20.5 Å². The van der Waals surface area contributed by atoms with Crippen LogP contribution in [0.3, 0.4) is 0 Å². The Hall–Kier alpha value is -3.35. The van der Waals surface area contributed by atoms with E-state index in [0.717, 1.165) is 36.5 Å². The number of H-pyrrole nitrogens is 1. The van der Waals surface area contributed by atoms with Crippen LogP contribution >= 0.6 is 0 Å². The molecule has 7 nitrogen and oxygen atoms in total. The maximum absolute atomic E-state index is 12.4. The molecule has 1 amide bonds. The Kier molecular flexibility index (Phi) is 6.84. The van der Waals surface area contributed by atoms with Crippen molar-refractivity contribution in [2.75, 3.05) is 25.1 Å². The van der Waals surface area contributed by atoms with Crippen molar-refractivity contribution in [3.63, 3.8) is 0 Å². The van der Waals surface area contributed by atoms with Crippen LogP contribution in [0.1, 0.15) is 36.5 Å². The summed E-state index contributed by atoms with van der Waals surface area (Å²) in [6.07, 6.45) is 1.09. The van der Waals surface area contributed by atoms with Gasteiger partial charge in [-0.25, -0.2) is 4.98 Å². The fraction of sp³-hybridized carbons (Fsp3) is 0.318. The predicted molar refractivity (Wildman–Crippen MR) is 114 cm³/mol. The number of hydrogen-bond acceptors (Lipinski definition) is 5. The number of ether oxygens (including phenoxy) is 1. The second kappa shape index (κ2) is 9.73. The molecule has 0 bridgehead atoms. The summed E-state index contributed by atoms with van der Waals surface area (Å²) in [6.45, 7) is 6.52. The third-order valence-electron chi connectivity index (χ3n) is 4.67. The van der Waals surface area contributed by atoms with E-state index in [2.05, 4.69) is 39.2 Å². The first kappa shape index (κ1) is 20.4. The summed E-state index contributed by atoms with van der Waals surface area (Å²) in [5.74, 6) is 1.81. The maximum atomic E-state index is 12.4. The summed E-state index contributed by atoms with van der Waals surface area (Å²) in [6, 6.07) is 15.2. The molecule has 0 saturated carbocycles. The minimum absolute atomic E-state index is 0.141. The highest BCUT2D eigenvalue weighted by Crippen LogP contribution is 2.19. The molecule has 1 aromatic heterocycles. The largest absolute Gasteiger partial charge is 0.497 e. The number of amides is 1. The van der Waals surface area contributed by atoms with Crippen LogP contribution in [0.2, 0.25) is 0 Å². The van der Waals surface area contributed by atoms with Gasteiger partial charge in [-0.2, -0.15) is 5.10 Å². The molecule has 2 aromatic carbocycles. The number of rotatable bonds is 9. The number of carbonyl (C=O) groups excluding carboxylic acids is 1. The van der Waals surface area contributed by atoms with Gasteiger partial charge in [0.2, 0.25) is 0 Å². The summed E-state index contributed by atoms with van der Waals surface area (Å²) >= 11 is 0. The summed E-state index contributed by atoms with van der Waals surface area (Å²) < 4.78 is 5.16. The summed E-state index contributed by atoms with van der Waals surface area (Å²) in [5.41, 5.74) is 2.63. The molecule has 7 heteroatoms. The first-order valence-electron chi connectivity index (χ1n) is 9.83. The standard InChI is InChI=1S/C22H27N5O2/c1-4-14-27(5-2)18-10-6-17(7-11-18)22(28)23-15-20-24-21(26-25-20)16-8-12-19(29-3)13-9-16/h6-13H,4-5,14-15H2,1-3H3,(H,23,28)(H,24,25,26). The Morgan fingerprint density at radius 2 is 1.83 bits per heavy atom. The van der Waals surface area contributed by atoms with Gasteiger partial charge in [0.15, 0.2) is 5.82 Å². The van der Waals surface area contributed by atoms with E-state index in [1.807, 2.05) is 48.5 Å². The van der Waals surface area contributed by atoms with Crippen LogP contribution in [0, 0.1) is 0 Å². The Labute approximate surface area is 171 Å². The average Bonchev–Trinajstić information content (AvgIpc) is 3.25. The monoisotopic (exact) mass is 393 g/mol. The van der Waals surface area contributed by atoms with Crippen molar-refractivity contribution in [2.45, 2.75) is 26.8 Å². The number of nitrogens with zero attached hydrogens (tertiary/aromatic N) is 3. The van der Waals surface area contributed by atoms with E-state index in [4.69, 9.17) is 4.74 Å². The average molecular weight is 393 g/mol. The Balaban J connectivity index is 1.58. The fourth-order valence-corrected chi connectivity index (χ4v) is 3.07. The van der Waals surface area contributed by atoms with Crippen molar-refractivity contribution in [2.24, 2.45) is 0 Å². The lowest BCUT2D eigenvalue weighted by molar-refractivity contribution is 0.0950. The number of methoxy groups -OCH3 is 1. The van der Waals surface area contributed by atoms with Crippen molar-refractivity contribution < 1.29 is 9.53 Å². The van der Waals surface area contributed by atoms with Crippen LogP contribution in [0.15, 0.2) is 48.5 Å². The number of carbonyl (C=O) groups is 1. The third kappa shape index (κ3) is 5.13.